The molecule has 1 aromatic rings. The van der Waals surface area contributed by atoms with Crippen LogP contribution < -0.4 is 0 Å². The Morgan fingerprint density at radius 1 is 1.47 bits per heavy atom. The van der Waals surface area contributed by atoms with Crippen LogP contribution in [0.3, 0.4) is 0 Å². The molecule has 0 aliphatic carbocycles. The molecule has 1 atom stereocenters. The highest BCUT2D eigenvalue weighted by Crippen LogP contribution is 2.29. The van der Waals surface area contributed by atoms with Crippen molar-refractivity contribution >= 4 is 28.2 Å². The number of hydrogen-bond donors (Lipinski definition) is 0. The van der Waals surface area contributed by atoms with Gasteiger partial charge >= 0.3 is 5.97 Å². The van der Waals surface area contributed by atoms with Gasteiger partial charge in [-0.2, -0.15) is 0 Å². The summed E-state index contributed by atoms with van der Waals surface area (Å²) in [6.07, 6.45) is 3.12. The molecule has 0 fully saturated rings. The highest BCUT2D eigenvalue weighted by Gasteiger charge is 2.24. The molecule has 19 heavy (non-hydrogen) atoms. The van der Waals surface area contributed by atoms with E-state index in [1.165, 1.54) is 7.11 Å². The summed E-state index contributed by atoms with van der Waals surface area (Å²) in [5, 5.41) is 0. The van der Waals surface area contributed by atoms with Gasteiger partial charge in [0.05, 0.1) is 17.5 Å². The molecule has 104 valence electrons. The van der Waals surface area contributed by atoms with Gasteiger partial charge in [-0.25, -0.2) is 4.39 Å². The standard InChI is InChI=1S/C14H16BrFO3/c1-19-14(18)11(6-3-2-4-9-17)10-7-5-8-12(15)13(10)16/h5,7-9,11H,2-4,6H2,1H3. The summed E-state index contributed by atoms with van der Waals surface area (Å²) >= 11 is 3.11. The summed E-state index contributed by atoms with van der Waals surface area (Å²) in [5.74, 6) is -1.52. The van der Waals surface area contributed by atoms with E-state index in [0.29, 0.717) is 35.7 Å². The molecule has 1 unspecified atom stereocenters. The molecule has 0 radical (unpaired) electrons. The first-order chi connectivity index (χ1) is 9.11. The lowest BCUT2D eigenvalue weighted by atomic mass is 9.93. The van der Waals surface area contributed by atoms with Crippen molar-refractivity contribution in [3.63, 3.8) is 0 Å². The third-order valence-electron chi connectivity index (χ3n) is 2.91. The van der Waals surface area contributed by atoms with Crippen molar-refractivity contribution in [2.75, 3.05) is 7.11 Å². The van der Waals surface area contributed by atoms with E-state index in [4.69, 9.17) is 4.74 Å². The predicted molar refractivity (Wildman–Crippen MR) is 73.4 cm³/mol. The van der Waals surface area contributed by atoms with Crippen LogP contribution in [0.25, 0.3) is 0 Å². The second-order valence-corrected chi connectivity index (χ2v) is 5.02. The molecule has 0 saturated heterocycles. The molecule has 0 aliphatic heterocycles. The van der Waals surface area contributed by atoms with Crippen molar-refractivity contribution in [2.24, 2.45) is 0 Å². The minimum absolute atomic E-state index is 0.326. The lowest BCUT2D eigenvalue weighted by Gasteiger charge is -2.16. The molecule has 1 aromatic carbocycles. The molecule has 5 heteroatoms. The van der Waals surface area contributed by atoms with E-state index in [1.807, 2.05) is 0 Å². The fourth-order valence-corrected chi connectivity index (χ4v) is 2.29. The molecule has 0 aromatic heterocycles. The molecule has 0 spiro atoms. The molecule has 0 amide bonds. The summed E-state index contributed by atoms with van der Waals surface area (Å²) < 4.78 is 19.1. The SMILES string of the molecule is COC(=O)C(CCCCC=O)c1cccc(Br)c1F. The Bertz CT molecular complexity index is 448. The Morgan fingerprint density at radius 2 is 2.21 bits per heavy atom. The summed E-state index contributed by atoms with van der Waals surface area (Å²) in [6, 6.07) is 4.85. The second kappa shape index (κ2) is 8.04. The lowest BCUT2D eigenvalue weighted by molar-refractivity contribution is -0.142. The van der Waals surface area contributed by atoms with Crippen LogP contribution in [-0.4, -0.2) is 19.4 Å². The maximum absolute atomic E-state index is 14.0. The van der Waals surface area contributed by atoms with Crippen molar-refractivity contribution in [3.8, 4) is 0 Å². The van der Waals surface area contributed by atoms with Gasteiger partial charge in [0.1, 0.15) is 12.1 Å². The van der Waals surface area contributed by atoms with Crippen molar-refractivity contribution < 1.29 is 18.7 Å². The van der Waals surface area contributed by atoms with Gasteiger partial charge in [0, 0.05) is 12.0 Å². The zero-order valence-corrected chi connectivity index (χ0v) is 12.3. The first kappa shape index (κ1) is 15.8. The molecule has 1 rings (SSSR count). The summed E-state index contributed by atoms with van der Waals surface area (Å²) in [4.78, 5) is 22.0. The number of rotatable bonds is 7. The van der Waals surface area contributed by atoms with Crippen molar-refractivity contribution in [1.82, 2.24) is 0 Å². The summed E-state index contributed by atoms with van der Waals surface area (Å²) in [6.45, 7) is 0. The van der Waals surface area contributed by atoms with Crippen LogP contribution >= 0.6 is 15.9 Å². The largest absolute Gasteiger partial charge is 0.469 e. The monoisotopic (exact) mass is 330 g/mol. The molecule has 0 N–H and O–H groups in total. The van der Waals surface area contributed by atoms with E-state index < -0.39 is 17.7 Å². The summed E-state index contributed by atoms with van der Waals surface area (Å²) in [7, 11) is 1.29. The normalized spacial score (nSPS) is 11.9. The number of halogens is 2. The minimum Gasteiger partial charge on any atom is -0.469 e. The van der Waals surface area contributed by atoms with Gasteiger partial charge in [-0.1, -0.05) is 18.6 Å². The van der Waals surface area contributed by atoms with Gasteiger partial charge in [0.25, 0.3) is 0 Å². The Labute approximate surface area is 120 Å². The molecule has 0 heterocycles. The fourth-order valence-electron chi connectivity index (χ4n) is 1.91. The van der Waals surface area contributed by atoms with E-state index in [9.17, 15) is 14.0 Å². The average molecular weight is 331 g/mol. The molecule has 0 aliphatic rings. The van der Waals surface area contributed by atoms with Crippen LogP contribution in [0.1, 0.15) is 37.2 Å². The maximum atomic E-state index is 14.0. The second-order valence-electron chi connectivity index (χ2n) is 4.17. The van der Waals surface area contributed by atoms with Gasteiger partial charge in [0.2, 0.25) is 0 Å². The molecular weight excluding hydrogens is 315 g/mol. The van der Waals surface area contributed by atoms with Crippen LogP contribution in [0.2, 0.25) is 0 Å². The van der Waals surface area contributed by atoms with Crippen LogP contribution in [0.4, 0.5) is 4.39 Å². The zero-order chi connectivity index (χ0) is 14.3. The van der Waals surface area contributed by atoms with E-state index in [2.05, 4.69) is 15.9 Å². The van der Waals surface area contributed by atoms with E-state index in [0.717, 1.165) is 6.29 Å². The Morgan fingerprint density at radius 3 is 2.84 bits per heavy atom. The van der Waals surface area contributed by atoms with Crippen molar-refractivity contribution in [1.29, 1.82) is 0 Å². The van der Waals surface area contributed by atoms with Gasteiger partial charge in [-0.05, 0) is 34.8 Å². The van der Waals surface area contributed by atoms with Gasteiger partial charge in [-0.3, -0.25) is 4.79 Å². The molecular formula is C14H16BrFO3. The first-order valence-corrected chi connectivity index (χ1v) is 6.86. The number of methoxy groups -OCH3 is 1. The lowest BCUT2D eigenvalue weighted by Crippen LogP contribution is -2.16. The number of esters is 1. The van der Waals surface area contributed by atoms with E-state index in [1.54, 1.807) is 18.2 Å². The van der Waals surface area contributed by atoms with Crippen molar-refractivity contribution in [3.05, 3.63) is 34.1 Å². The molecule has 0 bridgehead atoms. The van der Waals surface area contributed by atoms with Gasteiger partial charge in [0.15, 0.2) is 0 Å². The van der Waals surface area contributed by atoms with Gasteiger partial charge in [-0.15, -0.1) is 0 Å². The Kier molecular flexibility index (Phi) is 6.70. The number of unbranched alkanes of at least 4 members (excludes halogenated alkanes) is 2. The number of hydrogen-bond acceptors (Lipinski definition) is 3. The summed E-state index contributed by atoms with van der Waals surface area (Å²) in [5.41, 5.74) is 0.326. The highest BCUT2D eigenvalue weighted by atomic mass is 79.9. The average Bonchev–Trinajstić information content (AvgIpc) is 2.42. The predicted octanol–water partition coefficient (Wildman–Crippen LogP) is 3.60. The van der Waals surface area contributed by atoms with Crippen molar-refractivity contribution in [2.45, 2.75) is 31.6 Å². The Hall–Kier alpha value is -1.23. The molecule has 0 saturated carbocycles. The number of aldehydes is 1. The number of benzene rings is 1. The highest BCUT2D eigenvalue weighted by molar-refractivity contribution is 9.10. The third-order valence-corrected chi connectivity index (χ3v) is 3.52. The minimum atomic E-state index is -0.630. The van der Waals surface area contributed by atoms with E-state index in [-0.39, 0.29) is 0 Å². The number of ether oxygens (including phenoxy) is 1. The quantitative estimate of drug-likeness (QED) is 0.436. The van der Waals surface area contributed by atoms with Crippen LogP contribution in [0, 0.1) is 5.82 Å². The molecule has 3 nitrogen and oxygen atoms in total. The van der Waals surface area contributed by atoms with Crippen LogP contribution in [-0.2, 0) is 14.3 Å². The topological polar surface area (TPSA) is 43.4 Å². The maximum Gasteiger partial charge on any atom is 0.313 e. The number of carbonyl (C=O) groups excluding carboxylic acids is 2. The zero-order valence-electron chi connectivity index (χ0n) is 10.7. The smallest absolute Gasteiger partial charge is 0.313 e. The van der Waals surface area contributed by atoms with Crippen LogP contribution in [0.5, 0.6) is 0 Å². The number of carbonyl (C=O) groups is 2. The first-order valence-electron chi connectivity index (χ1n) is 6.07. The Balaban J connectivity index is 2.87. The van der Waals surface area contributed by atoms with Crippen LogP contribution in [0.15, 0.2) is 22.7 Å². The fraction of sp³-hybridized carbons (Fsp3) is 0.429. The van der Waals surface area contributed by atoms with E-state index >= 15 is 0 Å². The van der Waals surface area contributed by atoms with Gasteiger partial charge < -0.3 is 9.53 Å². The third kappa shape index (κ3) is 4.42.